The van der Waals surface area contributed by atoms with Crippen LogP contribution in [0.2, 0.25) is 0 Å². The first kappa shape index (κ1) is 7.62. The second kappa shape index (κ2) is 3.62. The standard InChI is InChI=1S/C9H10Cl/c1-2-5-8-6-3-4-7-9(8)10/h2,4,6-7H,1,3,5H2. The maximum atomic E-state index is 5.88. The highest BCUT2D eigenvalue weighted by Crippen LogP contribution is 2.23. The van der Waals surface area contributed by atoms with E-state index in [2.05, 4.69) is 19.1 Å². The van der Waals surface area contributed by atoms with Gasteiger partial charge in [-0.2, -0.15) is 0 Å². The van der Waals surface area contributed by atoms with E-state index in [1.165, 1.54) is 5.57 Å². The number of halogens is 1. The zero-order valence-corrected chi connectivity index (χ0v) is 6.56. The van der Waals surface area contributed by atoms with Crippen molar-refractivity contribution < 1.29 is 0 Å². The fourth-order valence-electron chi connectivity index (χ4n) is 0.923. The molecule has 10 heavy (non-hydrogen) atoms. The smallest absolute Gasteiger partial charge is 0.0401 e. The number of hydrogen-bond acceptors (Lipinski definition) is 0. The van der Waals surface area contributed by atoms with Gasteiger partial charge in [0, 0.05) is 5.03 Å². The zero-order chi connectivity index (χ0) is 7.40. The average molecular weight is 154 g/mol. The predicted octanol–water partition coefficient (Wildman–Crippen LogP) is 3.22. The van der Waals surface area contributed by atoms with Crippen molar-refractivity contribution in [2.24, 2.45) is 0 Å². The Labute approximate surface area is 66.9 Å². The molecule has 1 aliphatic rings. The van der Waals surface area contributed by atoms with Gasteiger partial charge in [-0.1, -0.05) is 23.8 Å². The third-order valence-corrected chi connectivity index (χ3v) is 1.80. The summed E-state index contributed by atoms with van der Waals surface area (Å²) in [5.41, 5.74) is 1.19. The molecule has 0 bridgehead atoms. The molecule has 53 valence electrons. The van der Waals surface area contributed by atoms with Gasteiger partial charge < -0.3 is 0 Å². The molecule has 0 saturated carbocycles. The van der Waals surface area contributed by atoms with E-state index in [1.807, 2.05) is 12.2 Å². The van der Waals surface area contributed by atoms with Crippen molar-refractivity contribution in [3.05, 3.63) is 41.8 Å². The van der Waals surface area contributed by atoms with Gasteiger partial charge in [-0.15, -0.1) is 6.58 Å². The number of rotatable bonds is 2. The van der Waals surface area contributed by atoms with E-state index in [9.17, 15) is 0 Å². The van der Waals surface area contributed by atoms with Crippen LogP contribution < -0.4 is 0 Å². The molecular weight excluding hydrogens is 144 g/mol. The van der Waals surface area contributed by atoms with E-state index in [1.54, 1.807) is 0 Å². The van der Waals surface area contributed by atoms with Crippen LogP contribution in [0, 0.1) is 6.42 Å². The topological polar surface area (TPSA) is 0 Å². The van der Waals surface area contributed by atoms with E-state index >= 15 is 0 Å². The van der Waals surface area contributed by atoms with Crippen LogP contribution in [0.4, 0.5) is 0 Å². The van der Waals surface area contributed by atoms with Crippen molar-refractivity contribution in [1.82, 2.24) is 0 Å². The molecule has 1 heteroatoms. The fraction of sp³-hybridized carbons (Fsp3) is 0.222. The summed E-state index contributed by atoms with van der Waals surface area (Å²) in [7, 11) is 0. The minimum Gasteiger partial charge on any atom is -0.103 e. The van der Waals surface area contributed by atoms with Gasteiger partial charge in [-0.25, -0.2) is 0 Å². The van der Waals surface area contributed by atoms with Crippen LogP contribution in [0.1, 0.15) is 12.8 Å². The maximum absolute atomic E-state index is 5.88. The number of allylic oxidation sites excluding steroid dienone is 5. The maximum Gasteiger partial charge on any atom is 0.0401 e. The SMILES string of the molecule is C=CCC1=C(Cl)C=CC[CH]1. The summed E-state index contributed by atoms with van der Waals surface area (Å²) in [4.78, 5) is 0. The molecule has 0 unspecified atom stereocenters. The second-order valence-electron chi connectivity index (χ2n) is 2.21. The van der Waals surface area contributed by atoms with Crippen LogP contribution >= 0.6 is 11.6 Å². The molecule has 0 aromatic rings. The molecule has 0 aromatic heterocycles. The third kappa shape index (κ3) is 1.74. The third-order valence-electron chi connectivity index (χ3n) is 1.44. The molecule has 0 aromatic carbocycles. The average Bonchev–Trinajstić information content (AvgIpc) is 1.94. The Balaban J connectivity index is 2.68. The Morgan fingerprint density at radius 3 is 3.10 bits per heavy atom. The van der Waals surface area contributed by atoms with Crippen molar-refractivity contribution in [1.29, 1.82) is 0 Å². The second-order valence-corrected chi connectivity index (χ2v) is 2.62. The molecule has 0 N–H and O–H groups in total. The monoisotopic (exact) mass is 153 g/mol. The Kier molecular flexibility index (Phi) is 2.76. The van der Waals surface area contributed by atoms with Crippen molar-refractivity contribution in [3.63, 3.8) is 0 Å². The molecule has 0 nitrogen and oxygen atoms in total. The van der Waals surface area contributed by atoms with Crippen molar-refractivity contribution in [3.8, 4) is 0 Å². The quantitative estimate of drug-likeness (QED) is 0.535. The van der Waals surface area contributed by atoms with Gasteiger partial charge in [0.15, 0.2) is 0 Å². The Morgan fingerprint density at radius 1 is 1.70 bits per heavy atom. The molecule has 0 fully saturated rings. The van der Waals surface area contributed by atoms with Crippen LogP contribution in [-0.2, 0) is 0 Å². The van der Waals surface area contributed by atoms with Crippen LogP contribution in [0.5, 0.6) is 0 Å². The highest BCUT2D eigenvalue weighted by molar-refractivity contribution is 6.31. The van der Waals surface area contributed by atoms with E-state index < -0.39 is 0 Å². The molecule has 1 radical (unpaired) electrons. The summed E-state index contributed by atoms with van der Waals surface area (Å²) in [6.45, 7) is 3.65. The minimum absolute atomic E-state index is 0.853. The molecule has 1 rings (SSSR count). The fourth-order valence-corrected chi connectivity index (χ4v) is 1.17. The molecule has 0 heterocycles. The molecule has 0 aliphatic heterocycles. The number of hydrogen-bond donors (Lipinski definition) is 0. The summed E-state index contributed by atoms with van der Waals surface area (Å²) in [5, 5.41) is 0.853. The summed E-state index contributed by atoms with van der Waals surface area (Å²) in [5.74, 6) is 0. The Morgan fingerprint density at radius 2 is 2.50 bits per heavy atom. The van der Waals surface area contributed by atoms with Gasteiger partial charge in [0.2, 0.25) is 0 Å². The molecule has 1 aliphatic carbocycles. The van der Waals surface area contributed by atoms with Gasteiger partial charge >= 0.3 is 0 Å². The van der Waals surface area contributed by atoms with Gasteiger partial charge in [0.1, 0.15) is 0 Å². The lowest BCUT2D eigenvalue weighted by atomic mass is 10.0. The summed E-state index contributed by atoms with van der Waals surface area (Å²) in [6.07, 6.45) is 9.87. The first-order valence-electron chi connectivity index (χ1n) is 3.34. The summed E-state index contributed by atoms with van der Waals surface area (Å²) < 4.78 is 0. The zero-order valence-electron chi connectivity index (χ0n) is 5.81. The largest absolute Gasteiger partial charge is 0.103 e. The van der Waals surface area contributed by atoms with Crippen LogP contribution in [0.25, 0.3) is 0 Å². The van der Waals surface area contributed by atoms with Crippen molar-refractivity contribution in [2.45, 2.75) is 12.8 Å². The molecular formula is C9H10Cl. The van der Waals surface area contributed by atoms with Crippen LogP contribution in [0.15, 0.2) is 35.4 Å². The summed E-state index contributed by atoms with van der Waals surface area (Å²) in [6, 6.07) is 0. The highest BCUT2D eigenvalue weighted by Gasteiger charge is 2.03. The van der Waals surface area contributed by atoms with Gasteiger partial charge in [-0.3, -0.25) is 0 Å². The van der Waals surface area contributed by atoms with E-state index in [0.717, 1.165) is 17.9 Å². The van der Waals surface area contributed by atoms with Gasteiger partial charge in [-0.05, 0) is 30.9 Å². The Bertz CT molecular complexity index is 187. The van der Waals surface area contributed by atoms with E-state index in [-0.39, 0.29) is 0 Å². The normalized spacial score (nSPS) is 17.7. The first-order chi connectivity index (χ1) is 4.84. The summed E-state index contributed by atoms with van der Waals surface area (Å²) >= 11 is 5.88. The van der Waals surface area contributed by atoms with E-state index in [0.29, 0.717) is 0 Å². The van der Waals surface area contributed by atoms with Gasteiger partial charge in [0.25, 0.3) is 0 Å². The van der Waals surface area contributed by atoms with E-state index in [4.69, 9.17) is 11.6 Å². The lowest BCUT2D eigenvalue weighted by Crippen LogP contribution is -1.89. The molecule has 0 saturated heterocycles. The van der Waals surface area contributed by atoms with Gasteiger partial charge in [0.05, 0.1) is 0 Å². The lowest BCUT2D eigenvalue weighted by Gasteiger charge is -2.07. The van der Waals surface area contributed by atoms with Crippen LogP contribution in [-0.4, -0.2) is 0 Å². The molecule has 0 spiro atoms. The minimum atomic E-state index is 0.853. The molecule has 0 amide bonds. The van der Waals surface area contributed by atoms with Crippen molar-refractivity contribution >= 4 is 11.6 Å². The highest BCUT2D eigenvalue weighted by atomic mass is 35.5. The van der Waals surface area contributed by atoms with Crippen molar-refractivity contribution in [2.75, 3.05) is 0 Å². The lowest BCUT2D eigenvalue weighted by molar-refractivity contribution is 1.11. The predicted molar refractivity (Wildman–Crippen MR) is 45.8 cm³/mol. The first-order valence-corrected chi connectivity index (χ1v) is 3.71. The Hall–Kier alpha value is -0.490. The molecule has 0 atom stereocenters. The van der Waals surface area contributed by atoms with Crippen LogP contribution in [0.3, 0.4) is 0 Å².